The fourth-order valence-electron chi connectivity index (χ4n) is 2.06. The molecule has 0 aliphatic heterocycles. The van der Waals surface area contributed by atoms with Gasteiger partial charge in [-0.25, -0.2) is 0 Å². The van der Waals surface area contributed by atoms with Crippen LogP contribution in [0.3, 0.4) is 0 Å². The maximum Gasteiger partial charge on any atom is 0.305 e. The average molecular weight is 246 g/mol. The molecule has 5 heteroatoms. The van der Waals surface area contributed by atoms with Gasteiger partial charge in [-0.05, 0) is 13.0 Å². The first-order valence-corrected chi connectivity index (χ1v) is 5.59. The van der Waals surface area contributed by atoms with Gasteiger partial charge in [-0.15, -0.1) is 0 Å². The minimum absolute atomic E-state index is 0.340. The molecular weight excluding hydrogens is 232 g/mol. The number of aromatic amines is 1. The second kappa shape index (κ2) is 4.62. The number of nitrogens with two attached hydrogens (primary N) is 1. The SMILES string of the molecule is Cc1[nH]c2ccccc2c1C(=O)C(N)CC(=O)O. The predicted molar refractivity (Wildman–Crippen MR) is 67.6 cm³/mol. The zero-order valence-corrected chi connectivity index (χ0v) is 9.93. The maximum atomic E-state index is 12.2. The molecule has 0 amide bonds. The van der Waals surface area contributed by atoms with Crippen LogP contribution in [0.15, 0.2) is 24.3 Å². The lowest BCUT2D eigenvalue weighted by Crippen LogP contribution is -2.33. The van der Waals surface area contributed by atoms with E-state index in [9.17, 15) is 9.59 Å². The highest BCUT2D eigenvalue weighted by atomic mass is 16.4. The molecular formula is C13H14N2O3. The number of carboxylic acids is 1. The number of rotatable bonds is 4. The number of H-pyrrole nitrogens is 1. The molecule has 2 rings (SSSR count). The number of ketones is 1. The molecule has 18 heavy (non-hydrogen) atoms. The number of benzene rings is 1. The van der Waals surface area contributed by atoms with Crippen LogP contribution in [0.4, 0.5) is 0 Å². The smallest absolute Gasteiger partial charge is 0.305 e. The number of Topliss-reactive ketones (excluding diaryl/α,β-unsaturated/α-hetero) is 1. The van der Waals surface area contributed by atoms with E-state index < -0.39 is 12.0 Å². The molecule has 0 spiro atoms. The van der Waals surface area contributed by atoms with Crippen molar-refractivity contribution in [2.45, 2.75) is 19.4 Å². The second-order valence-corrected chi connectivity index (χ2v) is 4.24. The Labute approximate surface area is 104 Å². The molecule has 0 radical (unpaired) electrons. The standard InChI is InChI=1S/C13H14N2O3/c1-7-12(13(18)9(14)6-11(16)17)8-4-2-3-5-10(8)15-7/h2-5,9,15H,6,14H2,1H3,(H,16,17). The molecule has 94 valence electrons. The van der Waals surface area contributed by atoms with Gasteiger partial charge < -0.3 is 15.8 Å². The van der Waals surface area contributed by atoms with Crippen molar-refractivity contribution in [1.82, 2.24) is 4.98 Å². The van der Waals surface area contributed by atoms with Gasteiger partial charge in [0.2, 0.25) is 0 Å². The average Bonchev–Trinajstić information content (AvgIpc) is 2.63. The van der Waals surface area contributed by atoms with Crippen molar-refractivity contribution in [3.05, 3.63) is 35.5 Å². The van der Waals surface area contributed by atoms with Gasteiger partial charge in [0.1, 0.15) is 0 Å². The summed E-state index contributed by atoms with van der Waals surface area (Å²) in [5.41, 5.74) is 7.67. The Kier molecular flexibility index (Phi) is 3.16. The van der Waals surface area contributed by atoms with E-state index in [1.54, 1.807) is 6.92 Å². The highest BCUT2D eigenvalue weighted by Crippen LogP contribution is 2.23. The van der Waals surface area contributed by atoms with Crippen LogP contribution in [-0.4, -0.2) is 27.9 Å². The maximum absolute atomic E-state index is 12.2. The summed E-state index contributed by atoms with van der Waals surface area (Å²) in [7, 11) is 0. The molecule has 0 saturated carbocycles. The van der Waals surface area contributed by atoms with Crippen molar-refractivity contribution in [1.29, 1.82) is 0 Å². The van der Waals surface area contributed by atoms with Gasteiger partial charge in [-0.2, -0.15) is 0 Å². The molecule has 1 atom stereocenters. The van der Waals surface area contributed by atoms with Crippen LogP contribution < -0.4 is 5.73 Å². The third kappa shape index (κ3) is 2.12. The molecule has 0 aliphatic rings. The molecule has 5 nitrogen and oxygen atoms in total. The lowest BCUT2D eigenvalue weighted by atomic mass is 9.99. The first kappa shape index (κ1) is 12.3. The quantitative estimate of drug-likeness (QED) is 0.711. The van der Waals surface area contributed by atoms with Crippen molar-refractivity contribution in [2.75, 3.05) is 0 Å². The van der Waals surface area contributed by atoms with Crippen molar-refractivity contribution >= 4 is 22.7 Å². The number of nitrogens with one attached hydrogen (secondary N) is 1. The number of hydrogen-bond acceptors (Lipinski definition) is 3. The first-order chi connectivity index (χ1) is 8.50. The number of fused-ring (bicyclic) bond motifs is 1. The first-order valence-electron chi connectivity index (χ1n) is 5.59. The van der Waals surface area contributed by atoms with E-state index in [0.717, 1.165) is 10.9 Å². The van der Waals surface area contributed by atoms with E-state index >= 15 is 0 Å². The monoisotopic (exact) mass is 246 g/mol. The Morgan fingerprint density at radius 2 is 2.06 bits per heavy atom. The van der Waals surface area contributed by atoms with Crippen LogP contribution in [-0.2, 0) is 4.79 Å². The van der Waals surface area contributed by atoms with Crippen LogP contribution in [0, 0.1) is 6.92 Å². The second-order valence-electron chi connectivity index (χ2n) is 4.24. The number of carbonyl (C=O) groups excluding carboxylic acids is 1. The number of aliphatic carboxylic acids is 1. The molecule has 0 aliphatic carbocycles. The van der Waals surface area contributed by atoms with Crippen molar-refractivity contribution in [2.24, 2.45) is 5.73 Å². The summed E-state index contributed by atoms with van der Waals surface area (Å²) in [6.45, 7) is 1.78. The topological polar surface area (TPSA) is 96.2 Å². The zero-order valence-electron chi connectivity index (χ0n) is 9.93. The fraction of sp³-hybridized carbons (Fsp3) is 0.231. The summed E-state index contributed by atoms with van der Waals surface area (Å²) in [5.74, 6) is -1.42. The van der Waals surface area contributed by atoms with Gasteiger partial charge in [0, 0.05) is 22.2 Å². The van der Waals surface area contributed by atoms with Crippen molar-refractivity contribution in [3.63, 3.8) is 0 Å². The van der Waals surface area contributed by atoms with Crippen molar-refractivity contribution < 1.29 is 14.7 Å². The largest absolute Gasteiger partial charge is 0.481 e. The number of para-hydroxylation sites is 1. The van der Waals surface area contributed by atoms with Crippen LogP contribution >= 0.6 is 0 Å². The summed E-state index contributed by atoms with van der Waals surface area (Å²) in [4.78, 5) is 25.9. The molecule has 0 saturated heterocycles. The van der Waals surface area contributed by atoms with Crippen LogP contribution in [0.25, 0.3) is 10.9 Å². The highest BCUT2D eigenvalue weighted by Gasteiger charge is 2.23. The molecule has 1 heterocycles. The van der Waals surface area contributed by atoms with E-state index in [0.29, 0.717) is 11.3 Å². The Bertz CT molecular complexity index is 616. The van der Waals surface area contributed by atoms with Crippen molar-refractivity contribution in [3.8, 4) is 0 Å². The van der Waals surface area contributed by atoms with Gasteiger partial charge in [0.15, 0.2) is 5.78 Å². The minimum atomic E-state index is -1.08. The van der Waals surface area contributed by atoms with Gasteiger partial charge in [0.05, 0.1) is 12.5 Å². The van der Waals surface area contributed by atoms with Crippen LogP contribution in [0.1, 0.15) is 22.5 Å². The Morgan fingerprint density at radius 1 is 1.39 bits per heavy atom. The van der Waals surface area contributed by atoms with Crippen LogP contribution in [0.2, 0.25) is 0 Å². The summed E-state index contributed by atoms with van der Waals surface area (Å²) < 4.78 is 0. The molecule has 0 bridgehead atoms. The number of carboxylic acid groups (broad SMARTS) is 1. The van der Waals surface area contributed by atoms with Gasteiger partial charge in [-0.3, -0.25) is 9.59 Å². The molecule has 1 aromatic heterocycles. The van der Waals surface area contributed by atoms with Gasteiger partial charge >= 0.3 is 5.97 Å². The molecule has 1 unspecified atom stereocenters. The third-order valence-electron chi connectivity index (χ3n) is 2.87. The van der Waals surface area contributed by atoms with E-state index in [4.69, 9.17) is 10.8 Å². The lowest BCUT2D eigenvalue weighted by Gasteiger charge is -2.07. The van der Waals surface area contributed by atoms with E-state index in [2.05, 4.69) is 4.98 Å². The summed E-state index contributed by atoms with van der Waals surface area (Å²) >= 11 is 0. The Morgan fingerprint density at radius 3 is 2.72 bits per heavy atom. The molecule has 0 fully saturated rings. The fourth-order valence-corrected chi connectivity index (χ4v) is 2.06. The number of hydrogen-bond donors (Lipinski definition) is 3. The molecule has 4 N–H and O–H groups in total. The Balaban J connectivity index is 2.44. The lowest BCUT2D eigenvalue weighted by molar-refractivity contribution is -0.137. The number of aromatic nitrogens is 1. The molecule has 1 aromatic carbocycles. The van der Waals surface area contributed by atoms with Gasteiger partial charge in [-0.1, -0.05) is 18.2 Å². The van der Waals surface area contributed by atoms with E-state index in [-0.39, 0.29) is 12.2 Å². The summed E-state index contributed by atoms with van der Waals surface area (Å²) in [5, 5.41) is 9.45. The van der Waals surface area contributed by atoms with Gasteiger partial charge in [0.25, 0.3) is 0 Å². The number of carbonyl (C=O) groups is 2. The highest BCUT2D eigenvalue weighted by molar-refractivity contribution is 6.12. The Hall–Kier alpha value is -2.14. The van der Waals surface area contributed by atoms with E-state index in [1.165, 1.54) is 0 Å². The van der Waals surface area contributed by atoms with Crippen LogP contribution in [0.5, 0.6) is 0 Å². The van der Waals surface area contributed by atoms with E-state index in [1.807, 2.05) is 24.3 Å². The number of aryl methyl sites for hydroxylation is 1. The normalized spacial score (nSPS) is 12.6. The summed E-state index contributed by atoms with van der Waals surface area (Å²) in [6.07, 6.45) is -0.363. The predicted octanol–water partition coefficient (Wildman–Crippen LogP) is 1.46. The molecule has 2 aromatic rings. The summed E-state index contributed by atoms with van der Waals surface area (Å²) in [6, 6.07) is 6.36. The zero-order chi connectivity index (χ0) is 13.3. The third-order valence-corrected chi connectivity index (χ3v) is 2.87. The minimum Gasteiger partial charge on any atom is -0.481 e.